The van der Waals surface area contributed by atoms with Crippen LogP contribution in [0.15, 0.2) is 29.2 Å². The number of carbonyl (C=O) groups excluding carboxylic acids is 5. The Hall–Kier alpha value is -5.03. The van der Waals surface area contributed by atoms with Gasteiger partial charge in [-0.15, -0.1) is 0 Å². The summed E-state index contributed by atoms with van der Waals surface area (Å²) in [5.74, 6) is -0.757. The molecule has 1 aliphatic rings. The van der Waals surface area contributed by atoms with Crippen molar-refractivity contribution in [3.8, 4) is 17.2 Å². The Bertz CT molecular complexity index is 2380. The van der Waals surface area contributed by atoms with Crippen molar-refractivity contribution >= 4 is 35.4 Å². The van der Waals surface area contributed by atoms with Crippen LogP contribution < -0.4 is 25.2 Å². The summed E-state index contributed by atoms with van der Waals surface area (Å²) in [6.07, 6.45) is 60.0. The summed E-state index contributed by atoms with van der Waals surface area (Å²) >= 11 is 0. The molecule has 0 radical (unpaired) electrons. The standard InChI is InChI=1S/C82H142N4O13/c1-6-9-12-15-18-21-24-27-30-33-36-39-42-45-48-51-61-94-72-65-70(81(92)85(5)60-64-96-78(90)57-55-76(89)83-75-58-59-86(82(93)84-75)77-67-71(74(68-87)98-77)99-79(91)56-54-69(4)88)66-73(95-62-52-49-46-43-40-37-34-31-28-25-22-19-16-13-10-7-2)80(72)97-63-53-50-47-44-41-38-35-32-29-26-23-20-17-14-11-8-3/h58-59,65-66,71,74,77,87H,6-57,60-64,67-68H2,1-5H3,(H,83,84,89,93)/t71?,74-,77-/m1/s1. The maximum Gasteiger partial charge on any atom is 0.351 e. The number of amides is 2. The summed E-state index contributed by atoms with van der Waals surface area (Å²) in [6.45, 7) is 9.23. The number of aliphatic hydroxyl groups is 1. The number of hydrogen-bond acceptors (Lipinski definition) is 14. The quantitative estimate of drug-likeness (QED) is 0.0466. The minimum absolute atomic E-state index is 0.0256. The van der Waals surface area contributed by atoms with Crippen molar-refractivity contribution < 1.29 is 57.5 Å². The molecule has 17 heteroatoms. The number of aliphatic hydroxyl groups excluding tert-OH is 1. The molecule has 568 valence electrons. The molecule has 2 N–H and O–H groups in total. The first kappa shape index (κ1) is 88.2. The monoisotopic (exact) mass is 1390 g/mol. The van der Waals surface area contributed by atoms with Gasteiger partial charge in [-0.1, -0.05) is 310 Å². The fourth-order valence-corrected chi connectivity index (χ4v) is 13.0. The molecular weight excluding hydrogens is 1250 g/mol. The highest BCUT2D eigenvalue weighted by atomic mass is 16.6. The Labute approximate surface area is 600 Å². The third kappa shape index (κ3) is 44.9. The third-order valence-corrected chi connectivity index (χ3v) is 19.3. The van der Waals surface area contributed by atoms with Gasteiger partial charge in [-0.25, -0.2) is 4.79 Å². The third-order valence-electron chi connectivity index (χ3n) is 19.3. The smallest absolute Gasteiger partial charge is 0.351 e. The van der Waals surface area contributed by atoms with E-state index in [1.807, 2.05) is 0 Å². The molecule has 1 aliphatic heterocycles. The van der Waals surface area contributed by atoms with Gasteiger partial charge in [0, 0.05) is 38.1 Å². The predicted octanol–water partition coefficient (Wildman–Crippen LogP) is 20.8. The maximum absolute atomic E-state index is 14.4. The second-order valence-corrected chi connectivity index (χ2v) is 28.5. The van der Waals surface area contributed by atoms with Crippen LogP contribution in [0.4, 0.5) is 5.82 Å². The molecule has 1 aromatic heterocycles. The Morgan fingerprint density at radius 2 is 0.889 bits per heavy atom. The molecule has 3 atom stereocenters. The second kappa shape index (κ2) is 60.5. The lowest BCUT2D eigenvalue weighted by atomic mass is 10.0. The number of unbranched alkanes of at least 4 members (excludes halogenated alkanes) is 45. The van der Waals surface area contributed by atoms with E-state index in [9.17, 15) is 33.9 Å². The molecule has 0 spiro atoms. The first-order chi connectivity index (χ1) is 48.4. The number of carbonyl (C=O) groups is 5. The van der Waals surface area contributed by atoms with Crippen LogP contribution in [0.5, 0.6) is 17.2 Å². The number of hydrogen-bond donors (Lipinski definition) is 2. The summed E-state index contributed by atoms with van der Waals surface area (Å²) < 4.78 is 37.8. The van der Waals surface area contributed by atoms with E-state index in [2.05, 4.69) is 31.1 Å². The molecule has 0 bridgehead atoms. The van der Waals surface area contributed by atoms with Crippen molar-refractivity contribution in [2.24, 2.45) is 0 Å². The highest BCUT2D eigenvalue weighted by molar-refractivity contribution is 5.95. The number of ketones is 1. The topological polar surface area (TPSA) is 211 Å². The number of rotatable bonds is 68. The van der Waals surface area contributed by atoms with Crippen molar-refractivity contribution in [2.45, 2.75) is 386 Å². The number of nitrogens with zero attached hydrogens (tertiary/aromatic N) is 3. The van der Waals surface area contributed by atoms with Gasteiger partial charge >= 0.3 is 17.6 Å². The molecule has 0 saturated carbocycles. The van der Waals surface area contributed by atoms with E-state index >= 15 is 0 Å². The van der Waals surface area contributed by atoms with Gasteiger partial charge in [0.25, 0.3) is 5.91 Å². The number of Topliss-reactive ketones (excluding diaryl/α,β-unsaturated/α-hetero) is 1. The van der Waals surface area contributed by atoms with Crippen LogP contribution in [0.25, 0.3) is 0 Å². The molecule has 1 unspecified atom stereocenters. The van der Waals surface area contributed by atoms with Crippen LogP contribution in [-0.2, 0) is 33.4 Å². The highest BCUT2D eigenvalue weighted by Gasteiger charge is 2.39. The van der Waals surface area contributed by atoms with Crippen LogP contribution in [0.3, 0.4) is 0 Å². The molecule has 2 aromatic rings. The van der Waals surface area contributed by atoms with E-state index < -0.39 is 48.6 Å². The molecule has 1 saturated heterocycles. The average molecular weight is 1390 g/mol. The normalized spacial score (nSPS) is 14.3. The molecule has 2 amide bonds. The van der Waals surface area contributed by atoms with Crippen LogP contribution in [0, 0.1) is 0 Å². The highest BCUT2D eigenvalue weighted by Crippen LogP contribution is 2.40. The number of aromatic nitrogens is 2. The molecule has 1 aromatic carbocycles. The molecule has 3 rings (SSSR count). The summed E-state index contributed by atoms with van der Waals surface area (Å²) in [4.78, 5) is 82.4. The first-order valence-corrected chi connectivity index (χ1v) is 40.7. The zero-order valence-electron chi connectivity index (χ0n) is 63.4. The number of anilines is 1. The van der Waals surface area contributed by atoms with Gasteiger partial charge in [0.05, 0.1) is 45.8 Å². The lowest BCUT2D eigenvalue weighted by Crippen LogP contribution is -2.31. The molecular formula is C82H142N4O13. The predicted molar refractivity (Wildman–Crippen MR) is 401 cm³/mol. The van der Waals surface area contributed by atoms with Gasteiger partial charge in [0.1, 0.15) is 36.6 Å². The molecule has 99 heavy (non-hydrogen) atoms. The first-order valence-electron chi connectivity index (χ1n) is 40.7. The zero-order chi connectivity index (χ0) is 71.4. The fourth-order valence-electron chi connectivity index (χ4n) is 13.0. The Morgan fingerprint density at radius 3 is 1.26 bits per heavy atom. The Morgan fingerprint density at radius 1 is 0.515 bits per heavy atom. The van der Waals surface area contributed by atoms with Crippen LogP contribution >= 0.6 is 0 Å². The molecule has 1 fully saturated rings. The van der Waals surface area contributed by atoms with Gasteiger partial charge in [-0.3, -0.25) is 23.7 Å². The Kier molecular flexibility index (Phi) is 53.9. The van der Waals surface area contributed by atoms with Crippen molar-refractivity contribution in [1.29, 1.82) is 0 Å². The van der Waals surface area contributed by atoms with Gasteiger partial charge in [0.15, 0.2) is 11.5 Å². The van der Waals surface area contributed by atoms with E-state index in [0.717, 1.165) is 51.4 Å². The van der Waals surface area contributed by atoms with Crippen LogP contribution in [0.1, 0.15) is 385 Å². The van der Waals surface area contributed by atoms with Crippen LogP contribution in [0.2, 0.25) is 0 Å². The van der Waals surface area contributed by atoms with Crippen molar-refractivity contribution in [2.75, 3.05) is 51.9 Å². The number of nitrogens with one attached hydrogen (secondary N) is 1. The summed E-state index contributed by atoms with van der Waals surface area (Å²) in [5.41, 5.74) is -0.373. The van der Waals surface area contributed by atoms with Crippen LogP contribution in [-0.4, -0.2) is 108 Å². The van der Waals surface area contributed by atoms with E-state index in [-0.39, 0.29) is 62.8 Å². The van der Waals surface area contributed by atoms with Crippen molar-refractivity contribution in [1.82, 2.24) is 14.5 Å². The fraction of sp³-hybridized carbons (Fsp3) is 0.817. The molecule has 17 nitrogen and oxygen atoms in total. The largest absolute Gasteiger partial charge is 0.490 e. The number of ether oxygens (including phenoxy) is 6. The molecule has 2 heterocycles. The summed E-state index contributed by atoms with van der Waals surface area (Å²) in [7, 11) is 1.66. The second-order valence-electron chi connectivity index (χ2n) is 28.5. The van der Waals surface area contributed by atoms with E-state index in [4.69, 9.17) is 28.4 Å². The van der Waals surface area contributed by atoms with Gasteiger partial charge < -0.3 is 48.5 Å². The minimum Gasteiger partial charge on any atom is -0.490 e. The van der Waals surface area contributed by atoms with Gasteiger partial charge in [-0.05, 0) is 44.4 Å². The van der Waals surface area contributed by atoms with E-state index in [1.165, 1.54) is 285 Å². The lowest BCUT2D eigenvalue weighted by Gasteiger charge is -2.21. The minimum atomic E-state index is -0.908. The SMILES string of the molecule is CCCCCCCCCCCCCCCCCCOc1cc(C(=O)N(C)CCOC(=O)CCC(=O)Nc2ccn([C@H]3CC(OC(=O)CCC(C)=O)[C@@H](CO)O3)c(=O)n2)cc(OCCCCCCCCCCCCCCCCCC)c1OCCCCCCCCCCCCCCCCCC. The number of benzene rings is 1. The number of likely N-dealkylation sites (N-methyl/N-ethyl adjacent to an activating group) is 1. The van der Waals surface area contributed by atoms with E-state index in [0.29, 0.717) is 42.6 Å². The summed E-state index contributed by atoms with van der Waals surface area (Å²) in [5, 5.41) is 12.4. The van der Waals surface area contributed by atoms with Crippen molar-refractivity contribution in [3.05, 3.63) is 40.4 Å². The Balaban J connectivity index is 1.60. The molecule has 0 aliphatic carbocycles. The van der Waals surface area contributed by atoms with Gasteiger partial charge in [0.2, 0.25) is 11.7 Å². The van der Waals surface area contributed by atoms with Gasteiger partial charge in [-0.2, -0.15) is 4.98 Å². The average Bonchev–Trinajstić information content (AvgIpc) is 1.45. The zero-order valence-corrected chi connectivity index (χ0v) is 63.4. The van der Waals surface area contributed by atoms with Crippen molar-refractivity contribution in [3.63, 3.8) is 0 Å². The number of esters is 2. The maximum atomic E-state index is 14.4. The van der Waals surface area contributed by atoms with E-state index in [1.54, 1.807) is 19.2 Å². The summed E-state index contributed by atoms with van der Waals surface area (Å²) in [6, 6.07) is 4.95. The lowest BCUT2D eigenvalue weighted by molar-refractivity contribution is -0.154.